The molecule has 0 heterocycles. The fraction of sp³-hybridized carbons (Fsp3) is 0.423. The van der Waals surface area contributed by atoms with Crippen LogP contribution >= 0.6 is 0 Å². The van der Waals surface area contributed by atoms with E-state index in [2.05, 4.69) is 29.6 Å². The molecule has 174 valence electrons. The number of hydrogen-bond donors (Lipinski definition) is 2. The number of amides is 2. The van der Waals surface area contributed by atoms with Crippen molar-refractivity contribution >= 4 is 18.0 Å². The summed E-state index contributed by atoms with van der Waals surface area (Å²) in [5.74, 6) is -1.53. The number of nitrogens with one attached hydrogen (secondary N) is 1. The van der Waals surface area contributed by atoms with Crippen LogP contribution in [-0.2, 0) is 14.3 Å². The molecular formula is C26H30N2O5. The smallest absolute Gasteiger partial charge is 0.407 e. The number of aliphatic carboxylic acids is 1. The molecule has 33 heavy (non-hydrogen) atoms. The van der Waals surface area contributed by atoms with Gasteiger partial charge in [0.25, 0.3) is 0 Å². The van der Waals surface area contributed by atoms with Gasteiger partial charge in [0.2, 0.25) is 5.91 Å². The normalized spacial score (nSPS) is 19.9. The highest BCUT2D eigenvalue weighted by Crippen LogP contribution is 2.44. The van der Waals surface area contributed by atoms with Crippen molar-refractivity contribution < 1.29 is 24.2 Å². The van der Waals surface area contributed by atoms with E-state index in [1.165, 1.54) is 30.0 Å². The van der Waals surface area contributed by atoms with Gasteiger partial charge in [-0.1, -0.05) is 55.0 Å². The second-order valence-corrected chi connectivity index (χ2v) is 8.97. The van der Waals surface area contributed by atoms with Gasteiger partial charge in [0.05, 0.1) is 0 Å². The standard InChI is InChI=1S/C26H30N2O5/c1-16(25(30)31)28(2)24(29)18-13-7-8-17(18)14-27-26(32)33-15-23-21-11-5-3-9-19(21)20-10-4-6-12-22(20)23/h3-6,9-12,16-18,23H,7-8,13-15H2,1-2H3,(H,27,32)(H,30,31)/t16-,17-,18-/m0/s1. The Balaban J connectivity index is 1.33. The van der Waals surface area contributed by atoms with E-state index in [1.807, 2.05) is 24.3 Å². The molecule has 3 atom stereocenters. The van der Waals surface area contributed by atoms with Crippen molar-refractivity contribution in [3.63, 3.8) is 0 Å². The fourth-order valence-corrected chi connectivity index (χ4v) is 5.09. The molecule has 7 nitrogen and oxygen atoms in total. The lowest BCUT2D eigenvalue weighted by atomic mass is 9.94. The van der Waals surface area contributed by atoms with Crippen LogP contribution in [0.4, 0.5) is 4.79 Å². The molecule has 2 aliphatic carbocycles. The highest BCUT2D eigenvalue weighted by molar-refractivity contribution is 5.85. The molecule has 0 saturated heterocycles. The van der Waals surface area contributed by atoms with Crippen molar-refractivity contribution in [3.05, 3.63) is 59.7 Å². The van der Waals surface area contributed by atoms with Crippen molar-refractivity contribution in [1.29, 1.82) is 0 Å². The lowest BCUT2D eigenvalue weighted by Crippen LogP contribution is -2.45. The molecule has 0 unspecified atom stereocenters. The number of carbonyl (C=O) groups excluding carboxylic acids is 2. The molecule has 2 aromatic carbocycles. The van der Waals surface area contributed by atoms with Gasteiger partial charge in [-0.05, 0) is 47.9 Å². The van der Waals surface area contributed by atoms with Crippen LogP contribution in [0.2, 0.25) is 0 Å². The fourth-order valence-electron chi connectivity index (χ4n) is 5.09. The zero-order valence-corrected chi connectivity index (χ0v) is 19.0. The van der Waals surface area contributed by atoms with Crippen LogP contribution in [0.15, 0.2) is 48.5 Å². The Hall–Kier alpha value is -3.35. The molecule has 0 aliphatic heterocycles. The van der Waals surface area contributed by atoms with E-state index in [-0.39, 0.29) is 30.3 Å². The molecule has 0 spiro atoms. The van der Waals surface area contributed by atoms with E-state index in [4.69, 9.17) is 4.74 Å². The largest absolute Gasteiger partial charge is 0.480 e. The lowest BCUT2D eigenvalue weighted by Gasteiger charge is -2.27. The summed E-state index contributed by atoms with van der Waals surface area (Å²) in [6.45, 7) is 2.08. The number of alkyl carbamates (subject to hydrolysis) is 1. The first-order chi connectivity index (χ1) is 15.9. The summed E-state index contributed by atoms with van der Waals surface area (Å²) in [4.78, 5) is 37.8. The predicted octanol–water partition coefficient (Wildman–Crippen LogP) is 3.87. The Labute approximate surface area is 193 Å². The maximum absolute atomic E-state index is 12.8. The third-order valence-electron chi connectivity index (χ3n) is 7.11. The van der Waals surface area contributed by atoms with Crippen LogP contribution in [0.5, 0.6) is 0 Å². The highest BCUT2D eigenvalue weighted by atomic mass is 16.5. The van der Waals surface area contributed by atoms with Crippen LogP contribution in [-0.4, -0.2) is 54.2 Å². The van der Waals surface area contributed by atoms with Crippen molar-refractivity contribution in [2.45, 2.75) is 38.1 Å². The third-order valence-corrected chi connectivity index (χ3v) is 7.11. The summed E-state index contributed by atoms with van der Waals surface area (Å²) in [7, 11) is 1.52. The van der Waals surface area contributed by atoms with Gasteiger partial charge >= 0.3 is 12.1 Å². The number of rotatable bonds is 7. The molecule has 0 bridgehead atoms. The minimum absolute atomic E-state index is 0.00453. The number of fused-ring (bicyclic) bond motifs is 3. The Morgan fingerprint density at radius 3 is 2.27 bits per heavy atom. The van der Waals surface area contributed by atoms with Crippen molar-refractivity contribution in [2.24, 2.45) is 11.8 Å². The van der Waals surface area contributed by atoms with Gasteiger partial charge in [-0.15, -0.1) is 0 Å². The summed E-state index contributed by atoms with van der Waals surface area (Å²) in [5.41, 5.74) is 4.66. The topological polar surface area (TPSA) is 95.9 Å². The first kappa shape index (κ1) is 22.8. The molecule has 1 saturated carbocycles. The van der Waals surface area contributed by atoms with Crippen molar-refractivity contribution in [3.8, 4) is 11.1 Å². The summed E-state index contributed by atoms with van der Waals surface area (Å²) >= 11 is 0. The number of carboxylic acids is 1. The van der Waals surface area contributed by atoms with Crippen LogP contribution < -0.4 is 5.32 Å². The number of likely N-dealkylation sites (N-methyl/N-ethyl adjacent to an activating group) is 1. The molecular weight excluding hydrogens is 420 g/mol. The summed E-state index contributed by atoms with van der Waals surface area (Å²) < 4.78 is 5.59. The van der Waals surface area contributed by atoms with Crippen LogP contribution in [0, 0.1) is 11.8 Å². The molecule has 0 aromatic heterocycles. The van der Waals surface area contributed by atoms with Crippen LogP contribution in [0.25, 0.3) is 11.1 Å². The quantitative estimate of drug-likeness (QED) is 0.668. The number of nitrogens with zero attached hydrogens (tertiary/aromatic N) is 1. The zero-order valence-electron chi connectivity index (χ0n) is 19.0. The number of ether oxygens (including phenoxy) is 1. The van der Waals surface area contributed by atoms with Crippen LogP contribution in [0.1, 0.15) is 43.2 Å². The first-order valence-electron chi connectivity index (χ1n) is 11.5. The average Bonchev–Trinajstić information content (AvgIpc) is 3.42. The SMILES string of the molecule is C[C@@H](C(=O)O)N(C)C(=O)[C@H]1CCC[C@H]1CNC(=O)OCC1c2ccccc2-c2ccccc21. The maximum Gasteiger partial charge on any atom is 0.407 e. The van der Waals surface area contributed by atoms with E-state index in [0.717, 1.165) is 24.0 Å². The highest BCUT2D eigenvalue weighted by Gasteiger charge is 2.37. The molecule has 2 N–H and O–H groups in total. The number of hydrogen-bond acceptors (Lipinski definition) is 4. The van der Waals surface area contributed by atoms with E-state index in [0.29, 0.717) is 13.0 Å². The second-order valence-electron chi connectivity index (χ2n) is 8.97. The minimum atomic E-state index is -1.03. The molecule has 1 fully saturated rings. The summed E-state index contributed by atoms with van der Waals surface area (Å²) in [6, 6.07) is 15.5. The first-order valence-corrected chi connectivity index (χ1v) is 11.5. The van der Waals surface area contributed by atoms with Crippen molar-refractivity contribution in [2.75, 3.05) is 20.2 Å². The Morgan fingerprint density at radius 2 is 1.67 bits per heavy atom. The third kappa shape index (κ3) is 4.58. The van der Waals surface area contributed by atoms with E-state index in [1.54, 1.807) is 0 Å². The number of carboxylic acid groups (broad SMARTS) is 1. The molecule has 0 radical (unpaired) electrons. The van der Waals surface area contributed by atoms with Gasteiger partial charge < -0.3 is 20.1 Å². The predicted molar refractivity (Wildman–Crippen MR) is 124 cm³/mol. The molecule has 7 heteroatoms. The minimum Gasteiger partial charge on any atom is -0.480 e. The average molecular weight is 451 g/mol. The lowest BCUT2D eigenvalue weighted by molar-refractivity contribution is -0.150. The Kier molecular flexibility index (Phi) is 6.67. The maximum atomic E-state index is 12.8. The van der Waals surface area contributed by atoms with Gasteiger partial charge in [-0.3, -0.25) is 4.79 Å². The van der Waals surface area contributed by atoms with Crippen LogP contribution in [0.3, 0.4) is 0 Å². The monoisotopic (exact) mass is 450 g/mol. The molecule has 2 amide bonds. The zero-order chi connectivity index (χ0) is 23.5. The second kappa shape index (κ2) is 9.65. The van der Waals surface area contributed by atoms with E-state index >= 15 is 0 Å². The van der Waals surface area contributed by atoms with E-state index < -0.39 is 18.1 Å². The summed E-state index contributed by atoms with van der Waals surface area (Å²) in [5, 5.41) is 12.0. The molecule has 2 aliphatic rings. The molecule has 2 aromatic rings. The van der Waals surface area contributed by atoms with Crippen molar-refractivity contribution in [1.82, 2.24) is 10.2 Å². The Morgan fingerprint density at radius 1 is 1.06 bits per heavy atom. The van der Waals surface area contributed by atoms with Gasteiger partial charge in [0.15, 0.2) is 0 Å². The van der Waals surface area contributed by atoms with Gasteiger partial charge in [-0.2, -0.15) is 0 Å². The van der Waals surface area contributed by atoms with E-state index in [9.17, 15) is 19.5 Å². The molecule has 4 rings (SSSR count). The van der Waals surface area contributed by atoms with Gasteiger partial charge in [0, 0.05) is 25.4 Å². The van der Waals surface area contributed by atoms with Gasteiger partial charge in [0.1, 0.15) is 12.6 Å². The number of carbonyl (C=O) groups is 3. The Bertz CT molecular complexity index is 1010. The number of benzene rings is 2. The summed E-state index contributed by atoms with van der Waals surface area (Å²) in [6.07, 6.45) is 1.90. The van der Waals surface area contributed by atoms with Gasteiger partial charge in [-0.25, -0.2) is 9.59 Å².